The van der Waals surface area contributed by atoms with Gasteiger partial charge in [0.05, 0.1) is 16.6 Å². The number of fused-ring (bicyclic) bond motifs is 1. The second-order valence-electron chi connectivity index (χ2n) is 11.0. The minimum atomic E-state index is -0.557. The van der Waals surface area contributed by atoms with Gasteiger partial charge in [-0.3, -0.25) is 4.79 Å². The van der Waals surface area contributed by atoms with Crippen molar-refractivity contribution in [1.82, 2.24) is 9.55 Å². The van der Waals surface area contributed by atoms with Gasteiger partial charge in [-0.2, -0.15) is 0 Å². The molecule has 1 aromatic heterocycles. The smallest absolute Gasteiger partial charge is 0.339 e. The number of benzene rings is 3. The van der Waals surface area contributed by atoms with Crippen molar-refractivity contribution >= 4 is 28.6 Å². The first kappa shape index (κ1) is 28.1. The maximum absolute atomic E-state index is 12.8. The summed E-state index contributed by atoms with van der Waals surface area (Å²) in [4.78, 5) is 29.9. The number of imidazole rings is 1. The summed E-state index contributed by atoms with van der Waals surface area (Å²) in [5, 5.41) is 2.98. The number of rotatable bonds is 10. The Labute approximate surface area is 231 Å². The molecule has 0 spiro atoms. The summed E-state index contributed by atoms with van der Waals surface area (Å²) in [5.41, 5.74) is 5.68. The molecule has 0 aliphatic rings. The van der Waals surface area contributed by atoms with E-state index in [2.05, 4.69) is 41.1 Å². The van der Waals surface area contributed by atoms with Crippen LogP contribution in [0.4, 0.5) is 5.69 Å². The first-order chi connectivity index (χ1) is 18.7. The Bertz CT molecular complexity index is 1450. The maximum Gasteiger partial charge on any atom is 0.339 e. The third kappa shape index (κ3) is 7.14. The number of aromatic nitrogens is 2. The SMILES string of the molecule is CCCCc1nc2cc(NC(=O)CCC)ccc2n1Cc1ccc(-c2ccccc2C(=O)OC(C)(C)C)cc1. The number of hydrogen-bond donors (Lipinski definition) is 1. The van der Waals surface area contributed by atoms with Gasteiger partial charge in [0.1, 0.15) is 11.4 Å². The van der Waals surface area contributed by atoms with E-state index in [1.807, 2.05) is 70.2 Å². The second-order valence-corrected chi connectivity index (χ2v) is 11.0. The van der Waals surface area contributed by atoms with Crippen molar-refractivity contribution in [3.05, 3.63) is 83.7 Å². The van der Waals surface area contributed by atoms with Crippen molar-refractivity contribution in [2.45, 2.75) is 78.9 Å². The Balaban J connectivity index is 1.61. The molecule has 204 valence electrons. The van der Waals surface area contributed by atoms with Gasteiger partial charge in [0.2, 0.25) is 5.91 Å². The van der Waals surface area contributed by atoms with Gasteiger partial charge in [-0.05, 0) is 74.6 Å². The molecule has 3 aromatic carbocycles. The Hall–Kier alpha value is -3.93. The number of nitrogens with one attached hydrogen (secondary N) is 1. The lowest BCUT2D eigenvalue weighted by Gasteiger charge is -2.20. The number of unbranched alkanes of at least 4 members (excludes halogenated alkanes) is 1. The lowest BCUT2D eigenvalue weighted by Crippen LogP contribution is -2.24. The van der Waals surface area contributed by atoms with Crippen molar-refractivity contribution in [2.24, 2.45) is 0 Å². The van der Waals surface area contributed by atoms with E-state index in [1.54, 1.807) is 0 Å². The second kappa shape index (κ2) is 12.3. The van der Waals surface area contributed by atoms with Crippen molar-refractivity contribution in [1.29, 1.82) is 0 Å². The van der Waals surface area contributed by atoms with E-state index in [4.69, 9.17) is 9.72 Å². The zero-order chi connectivity index (χ0) is 28.0. The molecule has 0 unspecified atom stereocenters. The number of carbonyl (C=O) groups is 2. The summed E-state index contributed by atoms with van der Waals surface area (Å²) < 4.78 is 7.91. The van der Waals surface area contributed by atoms with Gasteiger partial charge in [-0.1, -0.05) is 62.7 Å². The Morgan fingerprint density at radius 2 is 1.69 bits per heavy atom. The topological polar surface area (TPSA) is 73.2 Å². The van der Waals surface area contributed by atoms with Crippen LogP contribution in [0, 0.1) is 0 Å². The van der Waals surface area contributed by atoms with Gasteiger partial charge in [0, 0.05) is 25.1 Å². The zero-order valence-corrected chi connectivity index (χ0v) is 23.7. The van der Waals surface area contributed by atoms with Crippen LogP contribution in [0.5, 0.6) is 0 Å². The molecule has 0 aliphatic carbocycles. The highest BCUT2D eigenvalue weighted by Crippen LogP contribution is 2.28. The zero-order valence-electron chi connectivity index (χ0n) is 23.7. The number of ether oxygens (including phenoxy) is 1. The molecule has 4 rings (SSSR count). The summed E-state index contributed by atoms with van der Waals surface area (Å²) in [6.45, 7) is 10.5. The fraction of sp³-hybridized carbons (Fsp3) is 0.364. The average molecular weight is 526 g/mol. The number of amides is 1. The van der Waals surface area contributed by atoms with Crippen LogP contribution in [0.15, 0.2) is 66.7 Å². The van der Waals surface area contributed by atoms with Gasteiger partial charge in [-0.15, -0.1) is 0 Å². The predicted molar refractivity (Wildman–Crippen MR) is 158 cm³/mol. The van der Waals surface area contributed by atoms with E-state index in [0.29, 0.717) is 18.5 Å². The third-order valence-electron chi connectivity index (χ3n) is 6.49. The molecule has 4 aromatic rings. The standard InChI is InChI=1S/C33H39N3O3/c1-6-8-14-30-35-28-21-25(34-31(37)11-7-2)19-20-29(28)36(30)22-23-15-17-24(18-16-23)26-12-9-10-13-27(26)32(38)39-33(3,4)5/h9-10,12-13,15-21H,6-8,11,14,22H2,1-5H3,(H,34,37). The lowest BCUT2D eigenvalue weighted by atomic mass is 9.98. The minimum absolute atomic E-state index is 0.0239. The largest absolute Gasteiger partial charge is 0.456 e. The molecule has 0 saturated heterocycles. The highest BCUT2D eigenvalue weighted by molar-refractivity contribution is 5.97. The van der Waals surface area contributed by atoms with Crippen molar-refractivity contribution in [2.75, 3.05) is 5.32 Å². The molecule has 0 aliphatic heterocycles. The van der Waals surface area contributed by atoms with E-state index < -0.39 is 5.60 Å². The summed E-state index contributed by atoms with van der Waals surface area (Å²) in [5.74, 6) is 0.747. The van der Waals surface area contributed by atoms with E-state index in [-0.39, 0.29) is 11.9 Å². The van der Waals surface area contributed by atoms with Crippen LogP contribution in [-0.2, 0) is 22.5 Å². The molecular formula is C33H39N3O3. The molecule has 1 amide bonds. The lowest BCUT2D eigenvalue weighted by molar-refractivity contribution is -0.116. The molecule has 0 radical (unpaired) electrons. The molecule has 0 fully saturated rings. The van der Waals surface area contributed by atoms with Crippen LogP contribution in [-0.4, -0.2) is 27.0 Å². The summed E-state index contributed by atoms with van der Waals surface area (Å²) in [6.07, 6.45) is 4.36. The number of carbonyl (C=O) groups excluding carboxylic acids is 2. The maximum atomic E-state index is 12.8. The van der Waals surface area contributed by atoms with Gasteiger partial charge in [-0.25, -0.2) is 9.78 Å². The molecule has 0 atom stereocenters. The van der Waals surface area contributed by atoms with Crippen LogP contribution in [0.2, 0.25) is 0 Å². The Morgan fingerprint density at radius 3 is 2.38 bits per heavy atom. The monoisotopic (exact) mass is 525 g/mol. The number of anilines is 1. The minimum Gasteiger partial charge on any atom is -0.456 e. The normalized spacial score (nSPS) is 11.5. The van der Waals surface area contributed by atoms with Gasteiger partial charge >= 0.3 is 5.97 Å². The summed E-state index contributed by atoms with van der Waals surface area (Å²) >= 11 is 0. The molecule has 6 heteroatoms. The Kier molecular flexibility index (Phi) is 8.85. The van der Waals surface area contributed by atoms with Crippen LogP contribution >= 0.6 is 0 Å². The Morgan fingerprint density at radius 1 is 0.949 bits per heavy atom. The number of hydrogen-bond acceptors (Lipinski definition) is 4. The van der Waals surface area contributed by atoms with Crippen LogP contribution in [0.1, 0.15) is 82.0 Å². The van der Waals surface area contributed by atoms with Crippen molar-refractivity contribution in [3.8, 4) is 11.1 Å². The van der Waals surface area contributed by atoms with Gasteiger partial charge in [0.15, 0.2) is 0 Å². The summed E-state index contributed by atoms with van der Waals surface area (Å²) in [7, 11) is 0. The van der Waals surface area contributed by atoms with Crippen LogP contribution in [0.3, 0.4) is 0 Å². The summed E-state index contributed by atoms with van der Waals surface area (Å²) in [6, 6.07) is 21.9. The van der Waals surface area contributed by atoms with E-state index in [1.165, 1.54) is 0 Å². The highest BCUT2D eigenvalue weighted by Gasteiger charge is 2.21. The predicted octanol–water partition coefficient (Wildman–Crippen LogP) is 7.79. The van der Waals surface area contributed by atoms with E-state index in [0.717, 1.165) is 64.9 Å². The van der Waals surface area contributed by atoms with Crippen molar-refractivity contribution < 1.29 is 14.3 Å². The molecule has 1 N–H and O–H groups in total. The quantitative estimate of drug-likeness (QED) is 0.215. The number of nitrogens with zero attached hydrogens (tertiary/aromatic N) is 2. The van der Waals surface area contributed by atoms with E-state index in [9.17, 15) is 9.59 Å². The molecule has 6 nitrogen and oxygen atoms in total. The molecule has 39 heavy (non-hydrogen) atoms. The third-order valence-corrected chi connectivity index (χ3v) is 6.49. The fourth-order valence-electron chi connectivity index (χ4n) is 4.63. The first-order valence-electron chi connectivity index (χ1n) is 13.9. The fourth-order valence-corrected chi connectivity index (χ4v) is 4.63. The highest BCUT2D eigenvalue weighted by atomic mass is 16.6. The van der Waals surface area contributed by atoms with E-state index >= 15 is 0 Å². The number of esters is 1. The van der Waals surface area contributed by atoms with Crippen molar-refractivity contribution in [3.63, 3.8) is 0 Å². The molecule has 0 bridgehead atoms. The van der Waals surface area contributed by atoms with Crippen LogP contribution in [0.25, 0.3) is 22.2 Å². The molecule has 1 heterocycles. The molecular weight excluding hydrogens is 486 g/mol. The number of aryl methyl sites for hydroxylation is 1. The van der Waals surface area contributed by atoms with Crippen LogP contribution < -0.4 is 5.32 Å². The van der Waals surface area contributed by atoms with Gasteiger partial charge in [0.25, 0.3) is 0 Å². The first-order valence-corrected chi connectivity index (χ1v) is 13.9. The molecule has 0 saturated carbocycles. The van der Waals surface area contributed by atoms with Gasteiger partial charge < -0.3 is 14.6 Å². The average Bonchev–Trinajstić information content (AvgIpc) is 3.23.